The van der Waals surface area contributed by atoms with Crippen molar-refractivity contribution in [3.63, 3.8) is 0 Å². The third-order valence-electron chi connectivity index (χ3n) is 2.70. The number of para-hydroxylation sites is 1. The molecule has 0 unspecified atom stereocenters. The van der Waals surface area contributed by atoms with Gasteiger partial charge in [0, 0.05) is 24.0 Å². The number of rotatable bonds is 2. The Kier molecular flexibility index (Phi) is 2.95. The van der Waals surface area contributed by atoms with Crippen LogP contribution in [0.2, 0.25) is 0 Å². The molecule has 16 heavy (non-hydrogen) atoms. The smallest absolute Gasteiger partial charge is 0.0485 e. The largest absolute Gasteiger partial charge is 0.348 e. The Bertz CT molecular complexity index is 466. The maximum absolute atomic E-state index is 3.94. The summed E-state index contributed by atoms with van der Waals surface area (Å²) in [7, 11) is 0. The highest BCUT2D eigenvalue weighted by molar-refractivity contribution is 5.87. The number of fused-ring (bicyclic) bond motifs is 1. The Hall–Kier alpha value is -1.76. The Morgan fingerprint density at radius 3 is 2.81 bits per heavy atom. The number of nitrogens with zero attached hydrogens (tertiary/aromatic N) is 1. The number of anilines is 1. The molecule has 1 aromatic rings. The molecular weight excluding hydrogens is 194 g/mol. The summed E-state index contributed by atoms with van der Waals surface area (Å²) in [6.45, 7) is 9.12. The van der Waals surface area contributed by atoms with Gasteiger partial charge in [-0.25, -0.2) is 0 Å². The fourth-order valence-corrected chi connectivity index (χ4v) is 1.98. The summed E-state index contributed by atoms with van der Waals surface area (Å²) >= 11 is 0. The number of benzene rings is 1. The topological polar surface area (TPSA) is 3.24 Å². The normalized spacial score (nSPS) is 16.4. The lowest BCUT2D eigenvalue weighted by molar-refractivity contribution is 1.01. The van der Waals surface area contributed by atoms with E-state index in [0.29, 0.717) is 0 Å². The maximum atomic E-state index is 3.94. The molecule has 0 aromatic heterocycles. The highest BCUT2D eigenvalue weighted by atomic mass is 15.1. The fourth-order valence-electron chi connectivity index (χ4n) is 1.98. The minimum Gasteiger partial charge on any atom is -0.348 e. The van der Waals surface area contributed by atoms with Gasteiger partial charge in [0.15, 0.2) is 0 Å². The molecule has 1 heteroatoms. The number of allylic oxidation sites excluding steroid dienone is 4. The van der Waals surface area contributed by atoms with Crippen molar-refractivity contribution in [1.29, 1.82) is 0 Å². The first kappa shape index (κ1) is 10.7. The molecule has 1 heterocycles. The second-order valence-electron chi connectivity index (χ2n) is 4.06. The van der Waals surface area contributed by atoms with Crippen molar-refractivity contribution in [3.8, 4) is 0 Å². The number of hydrogen-bond acceptors (Lipinski definition) is 1. The van der Waals surface area contributed by atoms with Crippen molar-refractivity contribution in [3.05, 3.63) is 60.3 Å². The molecule has 1 nitrogen and oxygen atoms in total. The fraction of sp³-hybridized carbons (Fsp3) is 0.200. The molecule has 0 radical (unpaired) electrons. The Balaban J connectivity index is 2.52. The molecule has 1 aliphatic rings. The average Bonchev–Trinajstić information content (AvgIpc) is 2.29. The molecule has 0 amide bonds. The van der Waals surface area contributed by atoms with Gasteiger partial charge in [-0.2, -0.15) is 0 Å². The first-order valence-electron chi connectivity index (χ1n) is 5.64. The van der Waals surface area contributed by atoms with Gasteiger partial charge in [0.25, 0.3) is 0 Å². The molecule has 0 N–H and O–H groups in total. The van der Waals surface area contributed by atoms with Crippen LogP contribution in [0.4, 0.5) is 5.69 Å². The second kappa shape index (κ2) is 4.40. The van der Waals surface area contributed by atoms with Crippen molar-refractivity contribution >= 4 is 11.3 Å². The third-order valence-corrected chi connectivity index (χ3v) is 2.70. The lowest BCUT2D eigenvalue weighted by Crippen LogP contribution is -2.18. The van der Waals surface area contributed by atoms with Crippen LogP contribution < -0.4 is 4.90 Å². The highest BCUT2D eigenvalue weighted by Gasteiger charge is 2.13. The first-order valence-corrected chi connectivity index (χ1v) is 5.64. The van der Waals surface area contributed by atoms with Gasteiger partial charge in [0.05, 0.1) is 0 Å². The van der Waals surface area contributed by atoms with Gasteiger partial charge >= 0.3 is 0 Å². The van der Waals surface area contributed by atoms with E-state index < -0.39 is 0 Å². The van der Waals surface area contributed by atoms with Gasteiger partial charge in [-0.3, -0.25) is 0 Å². The Morgan fingerprint density at radius 1 is 1.38 bits per heavy atom. The molecule has 82 valence electrons. The zero-order chi connectivity index (χ0) is 11.5. The Labute approximate surface area is 97.4 Å². The van der Waals surface area contributed by atoms with Crippen molar-refractivity contribution in [2.75, 3.05) is 11.4 Å². The summed E-state index contributed by atoms with van der Waals surface area (Å²) < 4.78 is 0. The zero-order valence-corrected chi connectivity index (χ0v) is 9.90. The van der Waals surface area contributed by atoms with Gasteiger partial charge in [-0.15, -0.1) is 0 Å². The SMILES string of the molecule is C=C(C)/C=C1\C=CN(CC)c2ccccc21. The van der Waals surface area contributed by atoms with Gasteiger partial charge in [0.1, 0.15) is 0 Å². The van der Waals surface area contributed by atoms with Crippen LogP contribution in [0.3, 0.4) is 0 Å². The van der Waals surface area contributed by atoms with E-state index in [4.69, 9.17) is 0 Å². The summed E-state index contributed by atoms with van der Waals surface area (Å²) in [6, 6.07) is 8.49. The van der Waals surface area contributed by atoms with Crippen LogP contribution in [0.25, 0.3) is 5.57 Å². The molecule has 1 aromatic carbocycles. The molecule has 0 spiro atoms. The molecule has 0 saturated carbocycles. The minimum absolute atomic E-state index is 0.994. The lowest BCUT2D eigenvalue weighted by atomic mass is 9.98. The lowest BCUT2D eigenvalue weighted by Gasteiger charge is -2.26. The quantitative estimate of drug-likeness (QED) is 0.714. The van der Waals surface area contributed by atoms with E-state index in [1.54, 1.807) is 0 Å². The highest BCUT2D eigenvalue weighted by Crippen LogP contribution is 2.32. The average molecular weight is 211 g/mol. The van der Waals surface area contributed by atoms with Crippen LogP contribution >= 0.6 is 0 Å². The van der Waals surface area contributed by atoms with E-state index in [1.165, 1.54) is 16.8 Å². The van der Waals surface area contributed by atoms with E-state index in [2.05, 4.69) is 61.0 Å². The number of hydrogen-bond donors (Lipinski definition) is 0. The van der Waals surface area contributed by atoms with Crippen LogP contribution in [-0.4, -0.2) is 6.54 Å². The van der Waals surface area contributed by atoms with Crippen molar-refractivity contribution in [2.45, 2.75) is 13.8 Å². The van der Waals surface area contributed by atoms with E-state index in [0.717, 1.165) is 12.1 Å². The summed E-state index contributed by atoms with van der Waals surface area (Å²) in [5.41, 5.74) is 4.89. The van der Waals surface area contributed by atoms with Crippen LogP contribution in [-0.2, 0) is 0 Å². The molecule has 0 fully saturated rings. The van der Waals surface area contributed by atoms with Gasteiger partial charge < -0.3 is 4.90 Å². The minimum atomic E-state index is 0.994. The second-order valence-corrected chi connectivity index (χ2v) is 4.06. The summed E-state index contributed by atoms with van der Waals surface area (Å²) in [5, 5.41) is 0. The Morgan fingerprint density at radius 2 is 2.12 bits per heavy atom. The van der Waals surface area contributed by atoms with Crippen molar-refractivity contribution in [1.82, 2.24) is 0 Å². The predicted octanol–water partition coefficient (Wildman–Crippen LogP) is 4.00. The molecular formula is C15H17N. The first-order chi connectivity index (χ1) is 7.72. The molecule has 0 atom stereocenters. The van der Waals surface area contributed by atoms with Crippen LogP contribution in [0.15, 0.2) is 54.8 Å². The van der Waals surface area contributed by atoms with Gasteiger partial charge in [-0.1, -0.05) is 36.4 Å². The van der Waals surface area contributed by atoms with Crippen LogP contribution in [0, 0.1) is 0 Å². The summed E-state index contributed by atoms with van der Waals surface area (Å²) in [4.78, 5) is 2.26. The zero-order valence-electron chi connectivity index (χ0n) is 9.90. The maximum Gasteiger partial charge on any atom is 0.0485 e. The van der Waals surface area contributed by atoms with E-state index in [-0.39, 0.29) is 0 Å². The standard InChI is InChI=1S/C15H17N/c1-4-16-10-9-13(11-12(2)3)14-7-5-6-8-15(14)16/h5-11H,2,4H2,1,3H3/b13-11+. The molecule has 0 bridgehead atoms. The van der Waals surface area contributed by atoms with Crippen LogP contribution in [0.5, 0.6) is 0 Å². The van der Waals surface area contributed by atoms with Gasteiger partial charge in [0.2, 0.25) is 0 Å². The molecule has 0 saturated heterocycles. The summed E-state index contributed by atoms with van der Waals surface area (Å²) in [6.07, 6.45) is 6.42. The molecule has 0 aliphatic carbocycles. The van der Waals surface area contributed by atoms with E-state index in [9.17, 15) is 0 Å². The predicted molar refractivity (Wildman–Crippen MR) is 71.4 cm³/mol. The van der Waals surface area contributed by atoms with Crippen molar-refractivity contribution < 1.29 is 0 Å². The van der Waals surface area contributed by atoms with E-state index >= 15 is 0 Å². The molecule has 2 rings (SSSR count). The molecule has 1 aliphatic heterocycles. The van der Waals surface area contributed by atoms with Gasteiger partial charge in [-0.05, 0) is 31.6 Å². The van der Waals surface area contributed by atoms with Crippen molar-refractivity contribution in [2.24, 2.45) is 0 Å². The monoisotopic (exact) mass is 211 g/mol. The summed E-state index contributed by atoms with van der Waals surface area (Å²) in [5.74, 6) is 0. The third kappa shape index (κ3) is 1.94. The van der Waals surface area contributed by atoms with E-state index in [1.807, 2.05) is 6.92 Å². The van der Waals surface area contributed by atoms with Crippen LogP contribution in [0.1, 0.15) is 19.4 Å².